The standard InChI is InChI=1S/C11H18N4O4S/c1-3-9-10(15(16)17)11(14(2)13-9)12-8-4-6-20(18,19)7-5-8/h8,12H,3-7H2,1-2H3. The van der Waals surface area contributed by atoms with Gasteiger partial charge in [0, 0.05) is 13.1 Å². The van der Waals surface area contributed by atoms with Gasteiger partial charge in [0.25, 0.3) is 0 Å². The maximum atomic E-state index is 11.4. The van der Waals surface area contributed by atoms with Crippen LogP contribution in [0.1, 0.15) is 25.5 Å². The predicted octanol–water partition coefficient (Wildman–Crippen LogP) is 0.880. The molecule has 1 aliphatic heterocycles. The van der Waals surface area contributed by atoms with E-state index >= 15 is 0 Å². The maximum absolute atomic E-state index is 11.4. The smallest absolute Gasteiger partial charge is 0.333 e. The van der Waals surface area contributed by atoms with Gasteiger partial charge in [-0.15, -0.1) is 0 Å². The van der Waals surface area contributed by atoms with Gasteiger partial charge >= 0.3 is 5.69 Å². The Morgan fingerprint density at radius 3 is 2.55 bits per heavy atom. The van der Waals surface area contributed by atoms with Gasteiger partial charge in [-0.05, 0) is 19.3 Å². The lowest BCUT2D eigenvalue weighted by molar-refractivity contribution is -0.384. The van der Waals surface area contributed by atoms with Crippen molar-refractivity contribution < 1.29 is 13.3 Å². The van der Waals surface area contributed by atoms with Gasteiger partial charge in [0.2, 0.25) is 5.82 Å². The molecule has 0 aliphatic carbocycles. The van der Waals surface area contributed by atoms with E-state index in [9.17, 15) is 18.5 Å². The lowest BCUT2D eigenvalue weighted by Gasteiger charge is -2.23. The van der Waals surface area contributed by atoms with Gasteiger partial charge in [0.15, 0.2) is 0 Å². The average Bonchev–Trinajstić information content (AvgIpc) is 2.69. The number of anilines is 1. The van der Waals surface area contributed by atoms with Crippen molar-refractivity contribution in [3.8, 4) is 0 Å². The van der Waals surface area contributed by atoms with Crippen LogP contribution >= 0.6 is 0 Å². The molecule has 0 bridgehead atoms. The van der Waals surface area contributed by atoms with Crippen molar-refractivity contribution >= 4 is 21.3 Å². The number of aryl methyl sites for hydroxylation is 2. The zero-order valence-corrected chi connectivity index (χ0v) is 12.3. The Hall–Kier alpha value is -1.64. The monoisotopic (exact) mass is 302 g/mol. The molecule has 1 saturated heterocycles. The van der Waals surface area contributed by atoms with Gasteiger partial charge in [-0.2, -0.15) is 5.10 Å². The van der Waals surface area contributed by atoms with Crippen molar-refractivity contribution in [1.82, 2.24) is 9.78 Å². The first-order valence-electron chi connectivity index (χ1n) is 6.51. The Morgan fingerprint density at radius 1 is 1.45 bits per heavy atom. The number of hydrogen-bond donors (Lipinski definition) is 1. The zero-order valence-electron chi connectivity index (χ0n) is 11.5. The summed E-state index contributed by atoms with van der Waals surface area (Å²) in [6, 6.07) is -0.0719. The Kier molecular flexibility index (Phi) is 3.98. The first kappa shape index (κ1) is 14.8. The van der Waals surface area contributed by atoms with E-state index in [0.29, 0.717) is 30.8 Å². The molecule has 9 heteroatoms. The van der Waals surface area contributed by atoms with Gasteiger partial charge in [0.1, 0.15) is 15.5 Å². The Morgan fingerprint density at radius 2 is 2.05 bits per heavy atom. The van der Waals surface area contributed by atoms with Crippen LogP contribution in [0.3, 0.4) is 0 Å². The molecular formula is C11H18N4O4S. The third kappa shape index (κ3) is 2.92. The molecule has 1 aromatic heterocycles. The molecule has 0 unspecified atom stereocenters. The molecule has 1 aromatic rings. The van der Waals surface area contributed by atoms with Crippen LogP contribution < -0.4 is 5.32 Å². The van der Waals surface area contributed by atoms with E-state index in [4.69, 9.17) is 0 Å². The third-order valence-electron chi connectivity index (χ3n) is 3.50. The molecule has 0 aromatic carbocycles. The van der Waals surface area contributed by atoms with Gasteiger partial charge in [-0.3, -0.25) is 10.1 Å². The van der Waals surface area contributed by atoms with Gasteiger partial charge < -0.3 is 5.32 Å². The van der Waals surface area contributed by atoms with Crippen LogP contribution in [0, 0.1) is 10.1 Å². The SMILES string of the molecule is CCc1nn(C)c(NC2CCS(=O)(=O)CC2)c1[N+](=O)[O-]. The number of nitrogens with zero attached hydrogens (tertiary/aromatic N) is 3. The summed E-state index contributed by atoms with van der Waals surface area (Å²) in [4.78, 5) is 10.7. The normalized spacial score (nSPS) is 18.9. The van der Waals surface area contributed by atoms with Crippen LogP contribution in [-0.4, -0.2) is 40.7 Å². The fourth-order valence-electron chi connectivity index (χ4n) is 2.39. The molecule has 1 aliphatic rings. The van der Waals surface area contributed by atoms with Crippen LogP contribution in [0.25, 0.3) is 0 Å². The Labute approximate surface area is 117 Å². The molecule has 2 rings (SSSR count). The minimum Gasteiger partial charge on any atom is -0.362 e. The molecule has 2 heterocycles. The second kappa shape index (κ2) is 5.39. The van der Waals surface area contributed by atoms with Crippen LogP contribution in [0.15, 0.2) is 0 Å². The fraction of sp³-hybridized carbons (Fsp3) is 0.727. The second-order valence-corrected chi connectivity index (χ2v) is 7.25. The Bertz CT molecular complexity index is 609. The first-order chi connectivity index (χ1) is 9.34. The predicted molar refractivity (Wildman–Crippen MR) is 74.5 cm³/mol. The molecule has 1 fully saturated rings. The number of hydrogen-bond acceptors (Lipinski definition) is 6. The number of aromatic nitrogens is 2. The third-order valence-corrected chi connectivity index (χ3v) is 5.22. The minimum atomic E-state index is -2.94. The average molecular weight is 302 g/mol. The lowest BCUT2D eigenvalue weighted by atomic mass is 10.1. The summed E-state index contributed by atoms with van der Waals surface area (Å²) in [7, 11) is -1.29. The molecular weight excluding hydrogens is 284 g/mol. The molecule has 0 amide bonds. The van der Waals surface area contributed by atoms with E-state index < -0.39 is 14.8 Å². The molecule has 0 spiro atoms. The minimum absolute atomic E-state index is 0.0107. The highest BCUT2D eigenvalue weighted by molar-refractivity contribution is 7.91. The van der Waals surface area contributed by atoms with Crippen LogP contribution in [0.2, 0.25) is 0 Å². The van der Waals surface area contributed by atoms with Crippen molar-refractivity contribution in [3.63, 3.8) is 0 Å². The summed E-state index contributed by atoms with van der Waals surface area (Å²) in [5.74, 6) is 0.601. The quantitative estimate of drug-likeness (QED) is 0.653. The molecule has 20 heavy (non-hydrogen) atoms. The summed E-state index contributed by atoms with van der Waals surface area (Å²) in [5, 5.41) is 18.4. The number of rotatable bonds is 4. The van der Waals surface area contributed by atoms with E-state index in [1.54, 1.807) is 7.05 Å². The second-order valence-electron chi connectivity index (χ2n) is 4.95. The lowest BCUT2D eigenvalue weighted by Crippen LogP contribution is -2.32. The molecule has 0 radical (unpaired) electrons. The van der Waals surface area contributed by atoms with Crippen LogP contribution in [0.4, 0.5) is 11.5 Å². The van der Waals surface area contributed by atoms with E-state index in [1.807, 2.05) is 6.92 Å². The van der Waals surface area contributed by atoms with E-state index in [0.717, 1.165) is 0 Å². The summed E-state index contributed by atoms with van der Waals surface area (Å²) in [6.07, 6.45) is 1.41. The maximum Gasteiger partial charge on any atom is 0.333 e. The van der Waals surface area contributed by atoms with Crippen molar-refractivity contribution in [2.24, 2.45) is 7.05 Å². The van der Waals surface area contributed by atoms with E-state index in [1.165, 1.54) is 4.68 Å². The molecule has 112 valence electrons. The molecule has 0 atom stereocenters. The van der Waals surface area contributed by atoms with E-state index in [-0.39, 0.29) is 23.2 Å². The highest BCUT2D eigenvalue weighted by Crippen LogP contribution is 2.30. The topological polar surface area (TPSA) is 107 Å². The van der Waals surface area contributed by atoms with Crippen LogP contribution in [-0.2, 0) is 23.3 Å². The van der Waals surface area contributed by atoms with Crippen molar-refractivity contribution in [2.45, 2.75) is 32.2 Å². The van der Waals surface area contributed by atoms with Gasteiger partial charge in [0.05, 0.1) is 16.4 Å². The first-order valence-corrected chi connectivity index (χ1v) is 8.33. The zero-order chi connectivity index (χ0) is 14.9. The van der Waals surface area contributed by atoms with Crippen molar-refractivity contribution in [1.29, 1.82) is 0 Å². The van der Waals surface area contributed by atoms with Crippen molar-refractivity contribution in [2.75, 3.05) is 16.8 Å². The largest absolute Gasteiger partial charge is 0.362 e. The number of nitro groups is 1. The Balaban J connectivity index is 2.21. The summed E-state index contributed by atoms with van der Waals surface area (Å²) in [5.41, 5.74) is 0.423. The van der Waals surface area contributed by atoms with Crippen LogP contribution in [0.5, 0.6) is 0 Å². The summed E-state index contributed by atoms with van der Waals surface area (Å²) < 4.78 is 24.2. The van der Waals surface area contributed by atoms with Gasteiger partial charge in [-0.1, -0.05) is 6.92 Å². The van der Waals surface area contributed by atoms with E-state index in [2.05, 4.69) is 10.4 Å². The summed E-state index contributed by atoms with van der Waals surface area (Å²) >= 11 is 0. The fourth-order valence-corrected chi connectivity index (χ4v) is 3.88. The van der Waals surface area contributed by atoms with Gasteiger partial charge in [-0.25, -0.2) is 13.1 Å². The highest BCUT2D eigenvalue weighted by atomic mass is 32.2. The number of nitrogens with one attached hydrogen (secondary N) is 1. The van der Waals surface area contributed by atoms with Crippen molar-refractivity contribution in [3.05, 3.63) is 15.8 Å². The molecule has 1 N–H and O–H groups in total. The number of sulfone groups is 1. The molecule has 0 saturated carbocycles. The molecule has 8 nitrogen and oxygen atoms in total. The summed E-state index contributed by atoms with van der Waals surface area (Å²) in [6.45, 7) is 1.81. The highest BCUT2D eigenvalue weighted by Gasteiger charge is 2.30.